The van der Waals surface area contributed by atoms with Gasteiger partial charge in [-0.2, -0.15) is 0 Å². The summed E-state index contributed by atoms with van der Waals surface area (Å²) in [7, 11) is 0. The Labute approximate surface area is 74.2 Å². The minimum absolute atomic E-state index is 0.267. The van der Waals surface area contributed by atoms with E-state index in [0.717, 1.165) is 6.42 Å². The Morgan fingerprint density at radius 3 is 2.00 bits per heavy atom. The molecular formula is C10H18O2. The monoisotopic (exact) mass is 170 g/mol. The fourth-order valence-corrected chi connectivity index (χ4v) is 2.19. The van der Waals surface area contributed by atoms with Crippen molar-refractivity contribution in [2.75, 3.05) is 0 Å². The van der Waals surface area contributed by atoms with Gasteiger partial charge >= 0.3 is 0 Å². The second-order valence-corrected chi connectivity index (χ2v) is 4.38. The molecule has 2 nitrogen and oxygen atoms in total. The summed E-state index contributed by atoms with van der Waals surface area (Å²) in [5.41, 5.74) is 0. The molecule has 0 N–H and O–H groups in total. The van der Waals surface area contributed by atoms with Gasteiger partial charge in [-0.15, -0.1) is 0 Å². The van der Waals surface area contributed by atoms with Crippen molar-refractivity contribution in [1.82, 2.24) is 0 Å². The highest BCUT2D eigenvalue weighted by Gasteiger charge is 2.47. The SMILES string of the molecule is CC1CC(C)OC(C)(C2CC2)O1. The van der Waals surface area contributed by atoms with Crippen LogP contribution in [0.25, 0.3) is 0 Å². The molecule has 0 spiro atoms. The molecular weight excluding hydrogens is 152 g/mol. The second kappa shape index (κ2) is 2.71. The average molecular weight is 170 g/mol. The summed E-state index contributed by atoms with van der Waals surface area (Å²) in [6.45, 7) is 6.37. The Morgan fingerprint density at radius 1 is 1.08 bits per heavy atom. The number of rotatable bonds is 1. The van der Waals surface area contributed by atoms with Crippen LogP contribution in [0, 0.1) is 5.92 Å². The zero-order chi connectivity index (χ0) is 8.77. The van der Waals surface area contributed by atoms with E-state index in [1.165, 1.54) is 12.8 Å². The molecule has 2 atom stereocenters. The zero-order valence-corrected chi connectivity index (χ0v) is 8.17. The molecule has 0 bridgehead atoms. The Bertz CT molecular complexity index is 165. The quantitative estimate of drug-likeness (QED) is 0.601. The van der Waals surface area contributed by atoms with Crippen LogP contribution in [0.2, 0.25) is 0 Å². The van der Waals surface area contributed by atoms with E-state index in [2.05, 4.69) is 20.8 Å². The lowest BCUT2D eigenvalue weighted by atomic mass is 10.1. The predicted octanol–water partition coefficient (Wildman–Crippen LogP) is 2.33. The van der Waals surface area contributed by atoms with Crippen LogP contribution in [0.4, 0.5) is 0 Å². The molecule has 0 aromatic carbocycles. The predicted molar refractivity (Wildman–Crippen MR) is 46.8 cm³/mol. The minimum atomic E-state index is -0.267. The summed E-state index contributed by atoms with van der Waals surface area (Å²) in [5, 5.41) is 0. The van der Waals surface area contributed by atoms with Gasteiger partial charge in [-0.1, -0.05) is 0 Å². The van der Waals surface area contributed by atoms with Crippen molar-refractivity contribution in [2.45, 2.75) is 58.0 Å². The van der Waals surface area contributed by atoms with Crippen molar-refractivity contribution in [1.29, 1.82) is 0 Å². The summed E-state index contributed by atoms with van der Waals surface area (Å²) < 4.78 is 11.7. The van der Waals surface area contributed by atoms with Crippen LogP contribution in [0.5, 0.6) is 0 Å². The van der Waals surface area contributed by atoms with Crippen molar-refractivity contribution in [3.8, 4) is 0 Å². The van der Waals surface area contributed by atoms with Crippen molar-refractivity contribution in [3.63, 3.8) is 0 Å². The first kappa shape index (κ1) is 8.52. The maximum absolute atomic E-state index is 5.85. The van der Waals surface area contributed by atoms with Gasteiger partial charge in [-0.25, -0.2) is 0 Å². The molecule has 0 aromatic rings. The first-order valence-corrected chi connectivity index (χ1v) is 4.96. The minimum Gasteiger partial charge on any atom is -0.347 e. The van der Waals surface area contributed by atoms with Gasteiger partial charge in [-0.3, -0.25) is 0 Å². The van der Waals surface area contributed by atoms with E-state index in [9.17, 15) is 0 Å². The summed E-state index contributed by atoms with van der Waals surface area (Å²) in [4.78, 5) is 0. The Morgan fingerprint density at radius 2 is 1.58 bits per heavy atom. The topological polar surface area (TPSA) is 18.5 Å². The third-order valence-electron chi connectivity index (χ3n) is 2.85. The van der Waals surface area contributed by atoms with E-state index in [1.54, 1.807) is 0 Å². The van der Waals surface area contributed by atoms with Crippen LogP contribution < -0.4 is 0 Å². The summed E-state index contributed by atoms with van der Waals surface area (Å²) in [6, 6.07) is 0. The lowest BCUT2D eigenvalue weighted by Gasteiger charge is -2.41. The second-order valence-electron chi connectivity index (χ2n) is 4.38. The summed E-state index contributed by atoms with van der Waals surface area (Å²) in [6.07, 6.45) is 4.30. The molecule has 2 rings (SSSR count). The highest BCUT2D eigenvalue weighted by Crippen LogP contribution is 2.45. The van der Waals surface area contributed by atoms with E-state index < -0.39 is 0 Å². The van der Waals surface area contributed by atoms with Crippen molar-refractivity contribution < 1.29 is 9.47 Å². The standard InChI is InChI=1S/C10H18O2/c1-7-6-8(2)12-10(3,11-7)9-4-5-9/h7-9H,4-6H2,1-3H3. The van der Waals surface area contributed by atoms with Crippen LogP contribution in [0.3, 0.4) is 0 Å². The van der Waals surface area contributed by atoms with Crippen LogP contribution in [-0.2, 0) is 9.47 Å². The zero-order valence-electron chi connectivity index (χ0n) is 8.17. The molecule has 2 heteroatoms. The van der Waals surface area contributed by atoms with Gasteiger partial charge < -0.3 is 9.47 Å². The summed E-state index contributed by atoms with van der Waals surface area (Å²) in [5.74, 6) is 0.388. The van der Waals surface area contributed by atoms with Crippen LogP contribution in [0.15, 0.2) is 0 Å². The molecule has 1 heterocycles. The van der Waals surface area contributed by atoms with E-state index in [-0.39, 0.29) is 5.79 Å². The molecule has 70 valence electrons. The number of ether oxygens (including phenoxy) is 2. The molecule has 1 saturated heterocycles. The van der Waals surface area contributed by atoms with Crippen LogP contribution in [0.1, 0.15) is 40.0 Å². The van der Waals surface area contributed by atoms with Gasteiger partial charge in [0, 0.05) is 5.92 Å². The van der Waals surface area contributed by atoms with E-state index >= 15 is 0 Å². The molecule has 12 heavy (non-hydrogen) atoms. The maximum Gasteiger partial charge on any atom is 0.168 e. The highest BCUT2D eigenvalue weighted by molar-refractivity contribution is 4.89. The van der Waals surface area contributed by atoms with Crippen molar-refractivity contribution in [3.05, 3.63) is 0 Å². The smallest absolute Gasteiger partial charge is 0.168 e. The Balaban J connectivity index is 2.04. The largest absolute Gasteiger partial charge is 0.347 e. The van der Waals surface area contributed by atoms with Crippen molar-refractivity contribution in [2.24, 2.45) is 5.92 Å². The average Bonchev–Trinajstić information content (AvgIpc) is 2.61. The Kier molecular flexibility index (Phi) is 1.92. The molecule has 1 aliphatic carbocycles. The van der Waals surface area contributed by atoms with E-state index in [4.69, 9.17) is 9.47 Å². The normalized spacial score (nSPS) is 49.2. The van der Waals surface area contributed by atoms with E-state index in [0.29, 0.717) is 18.1 Å². The third kappa shape index (κ3) is 1.50. The lowest BCUT2D eigenvalue weighted by molar-refractivity contribution is -0.312. The first-order chi connectivity index (χ1) is 5.60. The molecule has 2 unspecified atom stereocenters. The molecule has 0 amide bonds. The molecule has 2 fully saturated rings. The number of hydrogen-bond donors (Lipinski definition) is 0. The summed E-state index contributed by atoms with van der Waals surface area (Å²) >= 11 is 0. The highest BCUT2D eigenvalue weighted by atomic mass is 16.7. The fourth-order valence-electron chi connectivity index (χ4n) is 2.19. The van der Waals surface area contributed by atoms with Crippen molar-refractivity contribution >= 4 is 0 Å². The third-order valence-corrected chi connectivity index (χ3v) is 2.85. The van der Waals surface area contributed by atoms with Crippen LogP contribution >= 0.6 is 0 Å². The molecule has 1 saturated carbocycles. The van der Waals surface area contributed by atoms with Gasteiger partial charge in [0.05, 0.1) is 12.2 Å². The van der Waals surface area contributed by atoms with Crippen LogP contribution in [-0.4, -0.2) is 18.0 Å². The van der Waals surface area contributed by atoms with Gasteiger partial charge in [0.15, 0.2) is 5.79 Å². The lowest BCUT2D eigenvalue weighted by Crippen LogP contribution is -2.46. The molecule has 2 aliphatic rings. The van der Waals surface area contributed by atoms with E-state index in [1.807, 2.05) is 0 Å². The molecule has 1 aliphatic heterocycles. The van der Waals surface area contributed by atoms with Gasteiger partial charge in [0.2, 0.25) is 0 Å². The first-order valence-electron chi connectivity index (χ1n) is 4.96. The van der Waals surface area contributed by atoms with Gasteiger partial charge in [-0.05, 0) is 40.0 Å². The molecule has 0 aromatic heterocycles. The van der Waals surface area contributed by atoms with Gasteiger partial charge in [0.25, 0.3) is 0 Å². The maximum atomic E-state index is 5.85. The fraction of sp³-hybridized carbons (Fsp3) is 1.00. The number of hydrogen-bond acceptors (Lipinski definition) is 2. The Hall–Kier alpha value is -0.0800. The molecule has 0 radical (unpaired) electrons. The van der Waals surface area contributed by atoms with Gasteiger partial charge in [0.1, 0.15) is 0 Å².